The third kappa shape index (κ3) is 9.86. The van der Waals surface area contributed by atoms with Crippen molar-refractivity contribution in [2.45, 2.75) is 32.8 Å². The molecule has 72 valence electrons. The Hall–Kier alpha value is -0.0600. The first-order chi connectivity index (χ1) is 5.35. The van der Waals surface area contributed by atoms with Crippen LogP contribution >= 0.6 is 0 Å². The van der Waals surface area contributed by atoms with Crippen LogP contribution in [0.2, 0.25) is 0 Å². The molecule has 0 radical (unpaired) electrons. The number of hydrogen-bond donors (Lipinski definition) is 0. The third-order valence-electron chi connectivity index (χ3n) is 0.936. The first kappa shape index (κ1) is 15.4. The summed E-state index contributed by atoms with van der Waals surface area (Å²) < 4.78 is 9.17. The van der Waals surface area contributed by atoms with E-state index in [2.05, 4.69) is 4.74 Å². The summed E-state index contributed by atoms with van der Waals surface area (Å²) in [5.74, 6) is -1.14. The fraction of sp³-hybridized carbons (Fsp3) is 0.750. The third-order valence-corrected chi connectivity index (χ3v) is 0.936. The zero-order chi connectivity index (χ0) is 9.78. The molecule has 0 saturated heterocycles. The Morgan fingerprint density at radius 1 is 1.23 bits per heavy atom. The number of esters is 2. The molecule has 0 amide bonds. The number of rotatable bonds is 2. The van der Waals surface area contributed by atoms with Crippen LogP contribution in [0.1, 0.15) is 28.6 Å². The van der Waals surface area contributed by atoms with Gasteiger partial charge in [0.05, 0.1) is 7.11 Å². The molecule has 0 unspecified atom stereocenters. The fourth-order valence-electron chi connectivity index (χ4n) is 0.568. The topological polar surface area (TPSA) is 52.6 Å². The van der Waals surface area contributed by atoms with Crippen molar-refractivity contribution in [1.29, 1.82) is 0 Å². The van der Waals surface area contributed by atoms with Gasteiger partial charge in [-0.3, -0.25) is 9.59 Å². The van der Waals surface area contributed by atoms with Crippen LogP contribution in [-0.4, -0.2) is 24.6 Å². The van der Waals surface area contributed by atoms with Crippen LogP contribution in [-0.2, 0) is 19.1 Å². The quantitative estimate of drug-likeness (QED) is 0.293. The van der Waals surface area contributed by atoms with Gasteiger partial charge in [0, 0.05) is 0 Å². The van der Waals surface area contributed by atoms with E-state index in [1.165, 1.54) is 7.11 Å². The minimum atomic E-state index is -0.579. The largest absolute Gasteiger partial charge is 1.00 e. The van der Waals surface area contributed by atoms with Gasteiger partial charge >= 0.3 is 41.5 Å². The van der Waals surface area contributed by atoms with Crippen molar-refractivity contribution >= 4 is 11.9 Å². The molecular formula is C8H15NaO4. The predicted octanol–water partition coefficient (Wildman–Crippen LogP) is -1.99. The molecule has 0 aromatic rings. The van der Waals surface area contributed by atoms with Gasteiger partial charge in [-0.15, -0.1) is 0 Å². The average Bonchev–Trinajstić information content (AvgIpc) is 1.82. The molecule has 0 fully saturated rings. The number of ether oxygens (including phenoxy) is 2. The van der Waals surface area contributed by atoms with Gasteiger partial charge < -0.3 is 10.9 Å². The molecule has 0 saturated carbocycles. The number of hydrogen-bond acceptors (Lipinski definition) is 4. The Kier molecular flexibility index (Phi) is 7.59. The standard InChI is InChI=1S/C8H14O4.Na.H/c1-8(2,3)12-7(10)5-6(9)11-4;;/h5H2,1-4H3;;/q;+1;-1. The molecular weight excluding hydrogens is 183 g/mol. The van der Waals surface area contributed by atoms with E-state index in [1.807, 2.05) is 0 Å². The van der Waals surface area contributed by atoms with E-state index in [4.69, 9.17) is 4.74 Å². The summed E-state index contributed by atoms with van der Waals surface area (Å²) in [6.07, 6.45) is -0.326. The normalized spacial score (nSPS) is 9.85. The zero-order valence-electron chi connectivity index (χ0n) is 9.84. The molecule has 0 rings (SSSR count). The molecule has 0 aliphatic heterocycles. The second-order valence-electron chi connectivity index (χ2n) is 3.34. The molecule has 0 atom stereocenters. The minimum Gasteiger partial charge on any atom is -1.00 e. The van der Waals surface area contributed by atoms with E-state index in [0.29, 0.717) is 0 Å². The Bertz CT molecular complexity index is 188. The average molecular weight is 198 g/mol. The molecule has 0 aliphatic rings. The number of methoxy groups -OCH3 is 1. The maximum atomic E-state index is 10.9. The zero-order valence-corrected chi connectivity index (χ0v) is 10.8. The molecule has 0 N–H and O–H groups in total. The summed E-state index contributed by atoms with van der Waals surface area (Å²) in [5, 5.41) is 0. The van der Waals surface area contributed by atoms with E-state index in [0.717, 1.165) is 0 Å². The molecule has 4 nitrogen and oxygen atoms in total. The van der Waals surface area contributed by atoms with Gasteiger partial charge in [-0.2, -0.15) is 0 Å². The molecule has 0 aromatic carbocycles. The van der Waals surface area contributed by atoms with Crippen molar-refractivity contribution in [1.82, 2.24) is 0 Å². The van der Waals surface area contributed by atoms with Crippen LogP contribution in [0.15, 0.2) is 0 Å². The SMILES string of the molecule is COC(=O)CC(=O)OC(C)(C)C.[H-].[Na+]. The Morgan fingerprint density at radius 3 is 2.00 bits per heavy atom. The van der Waals surface area contributed by atoms with Gasteiger partial charge in [0.25, 0.3) is 0 Å². The number of carbonyl (C=O) groups excluding carboxylic acids is 2. The summed E-state index contributed by atoms with van der Waals surface area (Å²) in [5.41, 5.74) is -0.550. The van der Waals surface area contributed by atoms with E-state index >= 15 is 0 Å². The maximum Gasteiger partial charge on any atom is 1.00 e. The molecule has 13 heavy (non-hydrogen) atoms. The van der Waals surface area contributed by atoms with E-state index in [1.54, 1.807) is 20.8 Å². The fourth-order valence-corrected chi connectivity index (χ4v) is 0.568. The first-order valence-corrected chi connectivity index (χ1v) is 3.64. The Balaban J connectivity index is -0.000000605. The molecule has 0 heterocycles. The van der Waals surface area contributed by atoms with Crippen molar-refractivity contribution in [2.75, 3.05) is 7.11 Å². The van der Waals surface area contributed by atoms with E-state index in [-0.39, 0.29) is 37.4 Å². The van der Waals surface area contributed by atoms with Crippen molar-refractivity contribution < 1.29 is 50.0 Å². The molecule has 0 bridgehead atoms. The summed E-state index contributed by atoms with van der Waals surface area (Å²) in [4.78, 5) is 21.5. The second kappa shape index (κ2) is 6.40. The number of carbonyl (C=O) groups is 2. The van der Waals surface area contributed by atoms with Crippen molar-refractivity contribution in [2.24, 2.45) is 0 Å². The van der Waals surface area contributed by atoms with Crippen molar-refractivity contribution in [3.8, 4) is 0 Å². The molecule has 0 aliphatic carbocycles. The maximum absolute atomic E-state index is 10.9. The predicted molar refractivity (Wildman–Crippen MR) is 43.6 cm³/mol. The van der Waals surface area contributed by atoms with Gasteiger partial charge in [0.2, 0.25) is 0 Å². The van der Waals surface area contributed by atoms with Crippen LogP contribution in [0.5, 0.6) is 0 Å². The van der Waals surface area contributed by atoms with Gasteiger partial charge in [0.15, 0.2) is 0 Å². The van der Waals surface area contributed by atoms with Gasteiger partial charge in [0.1, 0.15) is 12.0 Å². The summed E-state index contributed by atoms with van der Waals surface area (Å²) in [6.45, 7) is 5.21. The van der Waals surface area contributed by atoms with Gasteiger partial charge in [-0.1, -0.05) is 0 Å². The van der Waals surface area contributed by atoms with E-state index < -0.39 is 17.5 Å². The first-order valence-electron chi connectivity index (χ1n) is 3.64. The summed E-state index contributed by atoms with van der Waals surface area (Å²) in [6, 6.07) is 0. The van der Waals surface area contributed by atoms with E-state index in [9.17, 15) is 9.59 Å². The van der Waals surface area contributed by atoms with Crippen LogP contribution in [0.25, 0.3) is 0 Å². The molecule has 0 spiro atoms. The monoisotopic (exact) mass is 198 g/mol. The second-order valence-corrected chi connectivity index (χ2v) is 3.34. The van der Waals surface area contributed by atoms with Crippen LogP contribution in [0.4, 0.5) is 0 Å². The smallest absolute Gasteiger partial charge is 1.00 e. The Labute approximate surface area is 102 Å². The van der Waals surface area contributed by atoms with Gasteiger partial charge in [-0.25, -0.2) is 0 Å². The summed E-state index contributed by atoms with van der Waals surface area (Å²) in [7, 11) is 1.23. The Morgan fingerprint density at radius 2 is 1.69 bits per heavy atom. The molecule has 0 aromatic heterocycles. The molecule has 5 heteroatoms. The van der Waals surface area contributed by atoms with Crippen LogP contribution < -0.4 is 29.6 Å². The van der Waals surface area contributed by atoms with Crippen LogP contribution in [0, 0.1) is 0 Å². The summed E-state index contributed by atoms with van der Waals surface area (Å²) >= 11 is 0. The van der Waals surface area contributed by atoms with Crippen molar-refractivity contribution in [3.63, 3.8) is 0 Å². The minimum absolute atomic E-state index is 0. The van der Waals surface area contributed by atoms with Crippen molar-refractivity contribution in [3.05, 3.63) is 0 Å². The van der Waals surface area contributed by atoms with Gasteiger partial charge in [-0.05, 0) is 20.8 Å². The van der Waals surface area contributed by atoms with Crippen LogP contribution in [0.3, 0.4) is 0 Å².